The number of rotatable bonds is 5. The number of imide groups is 2. The Morgan fingerprint density at radius 1 is 0.946 bits per heavy atom. The lowest BCUT2D eigenvalue weighted by molar-refractivity contribution is -0.137. The topological polar surface area (TPSA) is 75.7 Å². The lowest BCUT2D eigenvalue weighted by atomic mass is 10.1. The van der Waals surface area contributed by atoms with Crippen LogP contribution in [0.2, 0.25) is 10.0 Å². The maximum Gasteiger partial charge on any atom is 0.416 e. The predicted molar refractivity (Wildman–Crippen MR) is 132 cm³/mol. The zero-order chi connectivity index (χ0) is 26.9. The zero-order valence-electron chi connectivity index (χ0n) is 19.0. The second-order valence-electron chi connectivity index (χ2n) is 8.09. The number of hydrogen-bond acceptors (Lipinski definition) is 4. The Morgan fingerprint density at radius 2 is 1.65 bits per heavy atom. The van der Waals surface area contributed by atoms with Crippen molar-refractivity contribution in [3.63, 3.8) is 0 Å². The fourth-order valence-electron chi connectivity index (χ4n) is 3.47. The summed E-state index contributed by atoms with van der Waals surface area (Å²) in [6.45, 7) is 2.23. The number of urea groups is 1. The molecule has 1 aliphatic heterocycles. The van der Waals surface area contributed by atoms with Gasteiger partial charge >= 0.3 is 12.2 Å². The van der Waals surface area contributed by atoms with E-state index in [1.165, 1.54) is 12.1 Å². The van der Waals surface area contributed by atoms with Crippen molar-refractivity contribution in [2.24, 2.45) is 0 Å². The van der Waals surface area contributed by atoms with E-state index in [1.54, 1.807) is 6.07 Å². The Hall–Kier alpha value is -3.82. The van der Waals surface area contributed by atoms with Gasteiger partial charge in [-0.2, -0.15) is 13.2 Å². The number of hydrogen-bond donors (Lipinski definition) is 1. The first-order chi connectivity index (χ1) is 17.4. The summed E-state index contributed by atoms with van der Waals surface area (Å²) >= 11 is 12.3. The fourth-order valence-corrected chi connectivity index (χ4v) is 3.92. The summed E-state index contributed by atoms with van der Waals surface area (Å²) in [5.74, 6) is -1.81. The van der Waals surface area contributed by atoms with Gasteiger partial charge in [-0.25, -0.2) is 9.69 Å². The van der Waals surface area contributed by atoms with Crippen LogP contribution in [0.25, 0.3) is 6.08 Å². The highest BCUT2D eigenvalue weighted by atomic mass is 35.5. The van der Waals surface area contributed by atoms with Crippen molar-refractivity contribution < 1.29 is 32.3 Å². The molecule has 1 aliphatic rings. The molecule has 37 heavy (non-hydrogen) atoms. The molecule has 3 aromatic carbocycles. The van der Waals surface area contributed by atoms with Gasteiger partial charge in [-0.3, -0.25) is 14.9 Å². The van der Waals surface area contributed by atoms with Crippen molar-refractivity contribution >= 4 is 52.8 Å². The van der Waals surface area contributed by atoms with Crippen molar-refractivity contribution in [2.75, 3.05) is 4.90 Å². The summed E-state index contributed by atoms with van der Waals surface area (Å²) in [4.78, 5) is 38.3. The molecule has 11 heteroatoms. The van der Waals surface area contributed by atoms with Gasteiger partial charge in [-0.05, 0) is 54.5 Å². The Morgan fingerprint density at radius 3 is 2.30 bits per heavy atom. The number of alkyl halides is 3. The Labute approximate surface area is 219 Å². The molecule has 0 atom stereocenters. The number of aryl methyl sites for hydroxylation is 1. The number of barbiturate groups is 1. The fraction of sp³-hybridized carbons (Fsp3) is 0.115. The number of halogens is 5. The van der Waals surface area contributed by atoms with Crippen LogP contribution in [0.3, 0.4) is 0 Å². The van der Waals surface area contributed by atoms with Gasteiger partial charge in [-0.15, -0.1) is 0 Å². The minimum atomic E-state index is -4.75. The Kier molecular flexibility index (Phi) is 7.29. The number of anilines is 1. The van der Waals surface area contributed by atoms with E-state index < -0.39 is 40.8 Å². The third kappa shape index (κ3) is 5.79. The van der Waals surface area contributed by atoms with E-state index in [0.717, 1.165) is 23.3 Å². The van der Waals surface area contributed by atoms with Crippen molar-refractivity contribution in [1.29, 1.82) is 0 Å². The summed E-state index contributed by atoms with van der Waals surface area (Å²) in [5.41, 5.74) is 0.206. The van der Waals surface area contributed by atoms with Crippen LogP contribution in [-0.4, -0.2) is 17.8 Å². The summed E-state index contributed by atoms with van der Waals surface area (Å²) in [6, 6.07) is 13.2. The molecule has 0 aliphatic carbocycles. The Balaban J connectivity index is 1.60. The number of carbonyl (C=O) groups excluding carboxylic acids is 3. The second kappa shape index (κ2) is 10.3. The number of benzene rings is 3. The lowest BCUT2D eigenvalue weighted by Crippen LogP contribution is -2.54. The van der Waals surface area contributed by atoms with Crippen LogP contribution in [0.1, 0.15) is 22.3 Å². The molecule has 0 radical (unpaired) electrons. The number of nitrogens with one attached hydrogen (secondary N) is 1. The molecule has 1 N–H and O–H groups in total. The molecule has 0 aromatic heterocycles. The number of ether oxygens (including phenoxy) is 1. The number of nitrogens with zero attached hydrogens (tertiary/aromatic N) is 1. The third-order valence-electron chi connectivity index (χ3n) is 5.40. The summed E-state index contributed by atoms with van der Waals surface area (Å²) in [6.07, 6.45) is -3.59. The molecular weight excluding hydrogens is 532 g/mol. The molecule has 6 nitrogen and oxygen atoms in total. The number of carbonyl (C=O) groups is 3. The van der Waals surface area contributed by atoms with Crippen LogP contribution in [0.5, 0.6) is 5.75 Å². The second-order valence-corrected chi connectivity index (χ2v) is 8.90. The average Bonchev–Trinajstić information content (AvgIpc) is 2.82. The van der Waals surface area contributed by atoms with Gasteiger partial charge in [0.2, 0.25) is 0 Å². The largest absolute Gasteiger partial charge is 0.487 e. The van der Waals surface area contributed by atoms with Crippen LogP contribution >= 0.6 is 23.2 Å². The van der Waals surface area contributed by atoms with E-state index >= 15 is 0 Å². The van der Waals surface area contributed by atoms with Crippen LogP contribution in [-0.2, 0) is 22.4 Å². The molecule has 4 amide bonds. The van der Waals surface area contributed by atoms with E-state index in [-0.39, 0.29) is 16.7 Å². The van der Waals surface area contributed by atoms with Gasteiger partial charge in [0, 0.05) is 0 Å². The predicted octanol–water partition coefficient (Wildman–Crippen LogP) is 6.57. The standard InChI is InChI=1S/C26H17Cl2F3N2O4/c1-14-2-4-15(5-3-14)13-37-22-9-6-16(11-20(22)28)10-18-23(34)32-25(36)33(24(18)35)21-12-17(26(29,30)31)7-8-19(21)27/h2-12H,13H2,1H3,(H,32,34,36)/b18-10-. The average molecular weight is 549 g/mol. The molecule has 3 aromatic rings. The summed E-state index contributed by atoms with van der Waals surface area (Å²) in [5, 5.41) is 1.85. The maximum absolute atomic E-state index is 13.2. The van der Waals surface area contributed by atoms with Gasteiger partial charge in [0.15, 0.2) is 0 Å². The lowest BCUT2D eigenvalue weighted by Gasteiger charge is -2.27. The van der Waals surface area contributed by atoms with Gasteiger partial charge < -0.3 is 4.74 Å². The van der Waals surface area contributed by atoms with Crippen molar-refractivity contribution in [1.82, 2.24) is 5.32 Å². The first-order valence-corrected chi connectivity index (χ1v) is 11.5. The quantitative estimate of drug-likeness (QED) is 0.289. The van der Waals surface area contributed by atoms with Crippen molar-refractivity contribution in [3.05, 3.63) is 98.5 Å². The Bertz CT molecular complexity index is 1440. The normalized spacial score (nSPS) is 15.2. The van der Waals surface area contributed by atoms with Crippen molar-refractivity contribution in [2.45, 2.75) is 19.7 Å². The highest BCUT2D eigenvalue weighted by Crippen LogP contribution is 2.37. The molecule has 1 heterocycles. The van der Waals surface area contributed by atoms with Crippen LogP contribution < -0.4 is 15.0 Å². The van der Waals surface area contributed by atoms with Gasteiger partial charge in [0.25, 0.3) is 11.8 Å². The van der Waals surface area contributed by atoms with Gasteiger partial charge in [-0.1, -0.05) is 59.1 Å². The first-order valence-electron chi connectivity index (χ1n) is 10.7. The van der Waals surface area contributed by atoms with Crippen LogP contribution in [0.4, 0.5) is 23.7 Å². The molecular formula is C26H17Cl2F3N2O4. The third-order valence-corrected chi connectivity index (χ3v) is 6.01. The summed E-state index contributed by atoms with van der Waals surface area (Å²) < 4.78 is 45.3. The zero-order valence-corrected chi connectivity index (χ0v) is 20.5. The molecule has 4 rings (SSSR count). The van der Waals surface area contributed by atoms with Crippen LogP contribution in [0.15, 0.2) is 66.2 Å². The molecule has 1 saturated heterocycles. The molecule has 0 saturated carbocycles. The smallest absolute Gasteiger partial charge is 0.416 e. The van der Waals surface area contributed by atoms with Crippen LogP contribution in [0, 0.1) is 6.92 Å². The van der Waals surface area contributed by atoms with E-state index in [2.05, 4.69) is 0 Å². The van der Waals surface area contributed by atoms with Gasteiger partial charge in [0.1, 0.15) is 17.9 Å². The molecule has 0 unspecified atom stereocenters. The van der Waals surface area contributed by atoms with E-state index in [9.17, 15) is 27.6 Å². The monoisotopic (exact) mass is 548 g/mol. The minimum absolute atomic E-state index is 0.194. The SMILES string of the molecule is Cc1ccc(COc2ccc(/C=C3/C(=O)NC(=O)N(c4cc(C(F)(F)F)ccc4Cl)C3=O)cc2Cl)cc1. The van der Waals surface area contributed by atoms with E-state index in [1.807, 2.05) is 36.5 Å². The summed E-state index contributed by atoms with van der Waals surface area (Å²) in [7, 11) is 0. The van der Waals surface area contributed by atoms with E-state index in [0.29, 0.717) is 28.3 Å². The highest BCUT2D eigenvalue weighted by Gasteiger charge is 2.39. The molecule has 0 spiro atoms. The highest BCUT2D eigenvalue weighted by molar-refractivity contribution is 6.42. The molecule has 1 fully saturated rings. The van der Waals surface area contributed by atoms with Gasteiger partial charge in [0.05, 0.1) is 21.3 Å². The molecule has 0 bridgehead atoms. The van der Waals surface area contributed by atoms with Crippen molar-refractivity contribution in [3.8, 4) is 5.75 Å². The first kappa shape index (κ1) is 26.2. The minimum Gasteiger partial charge on any atom is -0.487 e. The molecule has 190 valence electrons. The maximum atomic E-state index is 13.2. The number of amides is 4. The van der Waals surface area contributed by atoms with E-state index in [4.69, 9.17) is 27.9 Å².